The lowest BCUT2D eigenvalue weighted by molar-refractivity contribution is -0.140. The van der Waals surface area contributed by atoms with Crippen molar-refractivity contribution < 1.29 is 27.2 Å². The van der Waals surface area contributed by atoms with Crippen molar-refractivity contribution in [2.24, 2.45) is 0 Å². The van der Waals surface area contributed by atoms with Crippen molar-refractivity contribution in [3.8, 4) is 0 Å². The van der Waals surface area contributed by atoms with E-state index in [9.17, 15) is 27.2 Å². The zero-order chi connectivity index (χ0) is 25.2. The molecule has 0 spiro atoms. The zero-order valence-electron chi connectivity index (χ0n) is 17.8. The Kier molecular flexibility index (Phi) is 6.94. The normalized spacial score (nSPS) is 16.1. The number of nitrogens with zero attached hydrogens (tertiary/aromatic N) is 4. The third-order valence-corrected chi connectivity index (χ3v) is 5.49. The maximum atomic E-state index is 14.0. The molecule has 182 valence electrons. The van der Waals surface area contributed by atoms with Crippen molar-refractivity contribution in [1.29, 1.82) is 0 Å². The summed E-state index contributed by atoms with van der Waals surface area (Å²) >= 11 is 5.76. The molecule has 1 aliphatic rings. The lowest BCUT2D eigenvalue weighted by Gasteiger charge is -2.36. The maximum Gasteiger partial charge on any atom is 0.419 e. The van der Waals surface area contributed by atoms with E-state index >= 15 is 0 Å². The van der Waals surface area contributed by atoms with Gasteiger partial charge in [-0.3, -0.25) is 14.9 Å². The van der Waals surface area contributed by atoms with Gasteiger partial charge >= 0.3 is 6.18 Å². The number of anilines is 2. The topological polar surface area (TPSA) is 100 Å². The van der Waals surface area contributed by atoms with Gasteiger partial charge in [0.25, 0.3) is 5.91 Å². The highest BCUT2D eigenvalue weighted by Gasteiger charge is 2.41. The van der Waals surface area contributed by atoms with Crippen molar-refractivity contribution in [3.63, 3.8) is 0 Å². The molecule has 1 saturated heterocycles. The number of Topliss-reactive ketones (excluding diaryl/α,β-unsaturated/α-hetero) is 1. The Morgan fingerprint density at radius 1 is 1.11 bits per heavy atom. The predicted molar refractivity (Wildman–Crippen MR) is 119 cm³/mol. The number of halogens is 5. The van der Waals surface area contributed by atoms with Crippen molar-refractivity contribution in [2.75, 3.05) is 23.4 Å². The lowest BCUT2D eigenvalue weighted by Crippen LogP contribution is -2.53. The van der Waals surface area contributed by atoms with Crippen LogP contribution >= 0.6 is 11.6 Å². The Labute approximate surface area is 201 Å². The summed E-state index contributed by atoms with van der Waals surface area (Å²) in [6.45, 7) is 0.438. The molecule has 1 aliphatic heterocycles. The van der Waals surface area contributed by atoms with E-state index in [1.165, 1.54) is 29.3 Å². The smallest absolute Gasteiger partial charge is 0.332 e. The van der Waals surface area contributed by atoms with Gasteiger partial charge in [-0.1, -0.05) is 23.7 Å². The number of ketones is 1. The number of carbonyl (C=O) groups excluding carboxylic acids is 2. The minimum absolute atomic E-state index is 0.0529. The van der Waals surface area contributed by atoms with E-state index in [2.05, 4.69) is 25.8 Å². The summed E-state index contributed by atoms with van der Waals surface area (Å²) in [4.78, 5) is 30.9. The fourth-order valence-electron chi connectivity index (χ4n) is 3.64. The lowest BCUT2D eigenvalue weighted by atomic mass is 9.94. The highest BCUT2D eigenvalue weighted by Crippen LogP contribution is 2.35. The van der Waals surface area contributed by atoms with Gasteiger partial charge in [-0.25, -0.2) is 9.37 Å². The van der Waals surface area contributed by atoms with E-state index < -0.39 is 40.9 Å². The van der Waals surface area contributed by atoms with Gasteiger partial charge in [-0.15, -0.1) is 10.2 Å². The number of pyridine rings is 1. The zero-order valence-corrected chi connectivity index (χ0v) is 18.6. The van der Waals surface area contributed by atoms with Gasteiger partial charge in [0.1, 0.15) is 17.2 Å². The van der Waals surface area contributed by atoms with E-state index in [1.54, 1.807) is 6.07 Å². The molecule has 1 aromatic carbocycles. The van der Waals surface area contributed by atoms with Crippen LogP contribution < -0.4 is 15.5 Å². The molecule has 3 aromatic rings. The third kappa shape index (κ3) is 5.38. The molecule has 0 radical (unpaired) electrons. The average molecular weight is 509 g/mol. The van der Waals surface area contributed by atoms with Gasteiger partial charge in [-0.05, 0) is 43.3 Å². The summed E-state index contributed by atoms with van der Waals surface area (Å²) in [6.07, 6.45) is -3.53. The summed E-state index contributed by atoms with van der Waals surface area (Å²) < 4.78 is 54.4. The van der Waals surface area contributed by atoms with Gasteiger partial charge in [0.15, 0.2) is 17.3 Å². The number of carbonyl (C=O) groups is 2. The first kappa shape index (κ1) is 24.5. The molecule has 1 fully saturated rings. The summed E-state index contributed by atoms with van der Waals surface area (Å²) in [5, 5.41) is 13.8. The van der Waals surface area contributed by atoms with E-state index in [0.717, 1.165) is 12.1 Å². The molecule has 2 N–H and O–H groups in total. The van der Waals surface area contributed by atoms with Gasteiger partial charge in [0, 0.05) is 11.8 Å². The molecule has 0 saturated carbocycles. The molecule has 1 amide bonds. The van der Waals surface area contributed by atoms with Crippen LogP contribution in [0.25, 0.3) is 0 Å². The number of nitrogens with one attached hydrogen (secondary N) is 2. The summed E-state index contributed by atoms with van der Waals surface area (Å²) in [6, 6.07) is 7.44. The monoisotopic (exact) mass is 508 g/mol. The fraction of sp³-hybridized carbons (Fsp3) is 0.227. The van der Waals surface area contributed by atoms with Crippen LogP contribution in [-0.2, 0) is 6.18 Å². The molecular weight excluding hydrogens is 492 g/mol. The Morgan fingerprint density at radius 2 is 1.91 bits per heavy atom. The summed E-state index contributed by atoms with van der Waals surface area (Å²) in [5.74, 6) is -2.61. The van der Waals surface area contributed by atoms with Crippen LogP contribution in [0.5, 0.6) is 0 Å². The quantitative estimate of drug-likeness (QED) is 0.398. The first-order valence-corrected chi connectivity index (χ1v) is 10.7. The number of alkyl halides is 3. The molecule has 13 heteroatoms. The molecule has 8 nitrogen and oxygen atoms in total. The average Bonchev–Trinajstić information content (AvgIpc) is 2.84. The number of amides is 1. The minimum atomic E-state index is -5.04. The molecule has 3 heterocycles. The summed E-state index contributed by atoms with van der Waals surface area (Å²) in [5.41, 5.74) is -2.41. The van der Waals surface area contributed by atoms with E-state index in [4.69, 9.17) is 11.6 Å². The number of benzene rings is 1. The van der Waals surface area contributed by atoms with E-state index in [1.807, 2.05) is 0 Å². The molecular formula is C22H17ClF4N6O2. The number of hydrogen-bond acceptors (Lipinski definition) is 7. The molecule has 2 aromatic heterocycles. The number of rotatable bonds is 5. The van der Waals surface area contributed by atoms with Crippen molar-refractivity contribution in [3.05, 3.63) is 76.3 Å². The van der Waals surface area contributed by atoms with Crippen LogP contribution in [0.15, 0.2) is 48.7 Å². The molecule has 0 bridgehead atoms. The van der Waals surface area contributed by atoms with E-state index in [-0.39, 0.29) is 30.4 Å². The maximum absolute atomic E-state index is 14.0. The molecule has 4 rings (SSSR count). The standard InChI is InChI=1S/C22H17ClF4N6O2/c23-12-4-6-17(29-10-12)30-21(35)15-5-7-18(32-31-15)33-11-28-9-8-16(33)20(34)13-2-1-3-14(24)19(13)22(25,26)27/h1-7,10,16,28H,8-9,11H2,(H,29,30,35). The van der Waals surface area contributed by atoms with Crippen LogP contribution in [0, 0.1) is 5.82 Å². The first-order chi connectivity index (χ1) is 16.6. The van der Waals surface area contributed by atoms with Crippen molar-refractivity contribution in [1.82, 2.24) is 20.5 Å². The summed E-state index contributed by atoms with van der Waals surface area (Å²) in [7, 11) is 0. The Morgan fingerprint density at radius 3 is 2.57 bits per heavy atom. The molecule has 1 unspecified atom stereocenters. The van der Waals surface area contributed by atoms with Crippen LogP contribution in [0.1, 0.15) is 32.8 Å². The molecule has 0 aliphatic carbocycles. The first-order valence-electron chi connectivity index (χ1n) is 10.3. The van der Waals surface area contributed by atoms with E-state index in [0.29, 0.717) is 17.6 Å². The second-order valence-electron chi connectivity index (χ2n) is 7.55. The highest BCUT2D eigenvalue weighted by molar-refractivity contribution is 6.30. The second-order valence-corrected chi connectivity index (χ2v) is 7.99. The fourth-order valence-corrected chi connectivity index (χ4v) is 3.76. The number of hydrogen-bond donors (Lipinski definition) is 2. The predicted octanol–water partition coefficient (Wildman–Crippen LogP) is 3.94. The Bertz CT molecular complexity index is 1240. The minimum Gasteiger partial charge on any atom is -0.332 e. The second kappa shape index (κ2) is 9.92. The van der Waals surface area contributed by atoms with Crippen LogP contribution in [0.3, 0.4) is 0 Å². The Balaban J connectivity index is 1.56. The highest BCUT2D eigenvalue weighted by atomic mass is 35.5. The van der Waals surface area contributed by atoms with Crippen LogP contribution in [0.4, 0.5) is 29.2 Å². The van der Waals surface area contributed by atoms with Crippen LogP contribution in [0.2, 0.25) is 5.02 Å². The van der Waals surface area contributed by atoms with Gasteiger partial charge in [-0.2, -0.15) is 13.2 Å². The van der Waals surface area contributed by atoms with Crippen molar-refractivity contribution >= 4 is 34.9 Å². The molecule has 35 heavy (non-hydrogen) atoms. The van der Waals surface area contributed by atoms with Crippen molar-refractivity contribution in [2.45, 2.75) is 18.6 Å². The van der Waals surface area contributed by atoms with Crippen LogP contribution in [-0.4, -0.2) is 46.1 Å². The third-order valence-electron chi connectivity index (χ3n) is 5.26. The largest absolute Gasteiger partial charge is 0.419 e. The van der Waals surface area contributed by atoms with Gasteiger partial charge in [0.2, 0.25) is 0 Å². The Hall–Kier alpha value is -3.64. The number of aromatic nitrogens is 3. The van der Waals surface area contributed by atoms with Gasteiger partial charge in [0.05, 0.1) is 17.7 Å². The molecule has 1 atom stereocenters. The van der Waals surface area contributed by atoms with Gasteiger partial charge < -0.3 is 10.2 Å². The SMILES string of the molecule is O=C(Nc1ccc(Cl)cn1)c1ccc(N2CNCCC2C(=O)c2cccc(F)c2C(F)(F)F)nn1.